The number of carbonyl (C=O) groups excluding carboxylic acids is 2. The Morgan fingerprint density at radius 1 is 1.37 bits per heavy atom. The average molecular weight is 367 g/mol. The molecule has 1 aliphatic heterocycles. The van der Waals surface area contributed by atoms with Gasteiger partial charge in [0, 0.05) is 24.4 Å². The molecule has 1 aromatic carbocycles. The van der Waals surface area contributed by atoms with E-state index < -0.39 is 6.09 Å². The van der Waals surface area contributed by atoms with Gasteiger partial charge in [0.05, 0.1) is 18.8 Å². The number of cyclic esters (lactones) is 1. The van der Waals surface area contributed by atoms with Crippen molar-refractivity contribution in [1.29, 1.82) is 0 Å². The van der Waals surface area contributed by atoms with E-state index in [2.05, 4.69) is 15.3 Å². The maximum Gasteiger partial charge on any atom is 0.414 e. The first kappa shape index (κ1) is 17.3. The first-order valence-corrected chi connectivity index (χ1v) is 8.98. The highest BCUT2D eigenvalue weighted by Crippen LogP contribution is 2.34. The van der Waals surface area contributed by atoms with Gasteiger partial charge in [-0.3, -0.25) is 9.69 Å². The van der Waals surface area contributed by atoms with Crippen molar-refractivity contribution in [3.8, 4) is 11.1 Å². The highest BCUT2D eigenvalue weighted by atomic mass is 16.6. The minimum atomic E-state index is -0.393. The number of amides is 2. The van der Waals surface area contributed by atoms with Crippen molar-refractivity contribution in [3.05, 3.63) is 35.7 Å². The first-order valence-electron chi connectivity index (χ1n) is 8.98. The van der Waals surface area contributed by atoms with E-state index in [9.17, 15) is 9.59 Å². The van der Waals surface area contributed by atoms with E-state index in [1.807, 2.05) is 18.2 Å². The van der Waals surface area contributed by atoms with Crippen LogP contribution in [0.2, 0.25) is 0 Å². The number of ether oxygens (including phenoxy) is 1. The minimum absolute atomic E-state index is 0.143. The molecule has 1 fully saturated rings. The second kappa shape index (κ2) is 6.86. The van der Waals surface area contributed by atoms with Gasteiger partial charge in [-0.2, -0.15) is 0 Å². The fourth-order valence-corrected chi connectivity index (χ4v) is 3.61. The Labute approximate surface area is 156 Å². The van der Waals surface area contributed by atoms with Crippen LogP contribution in [0.5, 0.6) is 0 Å². The lowest BCUT2D eigenvalue weighted by Gasteiger charge is -2.16. The zero-order valence-corrected chi connectivity index (χ0v) is 15.1. The number of hydrogen-bond acceptors (Lipinski definition) is 6. The smallest absolute Gasteiger partial charge is 0.414 e. The van der Waals surface area contributed by atoms with E-state index >= 15 is 0 Å². The molecule has 2 aliphatic rings. The standard InChI is InChI=1S/C19H21N5O3/c1-11(25)21-8-14-10-24(19(26)27-14)13-5-6-15-12(7-13)3-2-4-17-16(15)9-22-18(20)23-17/h5-7,9,14H,2-4,8,10H2,1H3,(H,21,25)(H2,20,22,23). The van der Waals surface area contributed by atoms with Crippen LogP contribution in [-0.4, -0.2) is 41.2 Å². The number of nitrogens with zero attached hydrogens (tertiary/aromatic N) is 3. The third kappa shape index (κ3) is 3.42. The van der Waals surface area contributed by atoms with Crippen LogP contribution in [0.1, 0.15) is 24.6 Å². The van der Waals surface area contributed by atoms with Crippen LogP contribution >= 0.6 is 0 Å². The van der Waals surface area contributed by atoms with Crippen molar-refractivity contribution in [2.24, 2.45) is 0 Å². The van der Waals surface area contributed by atoms with Gasteiger partial charge in [-0.05, 0) is 42.5 Å². The molecule has 1 atom stereocenters. The van der Waals surface area contributed by atoms with Crippen molar-refractivity contribution in [3.63, 3.8) is 0 Å². The number of rotatable bonds is 3. The SMILES string of the molecule is CC(=O)NCC1CN(c2ccc3c(c2)CCCc2nc(N)ncc2-3)C(=O)O1. The zero-order chi connectivity index (χ0) is 19.0. The molecule has 1 aromatic heterocycles. The summed E-state index contributed by atoms with van der Waals surface area (Å²) in [7, 11) is 0. The molecule has 2 heterocycles. The van der Waals surface area contributed by atoms with Crippen LogP contribution in [0.4, 0.5) is 16.4 Å². The van der Waals surface area contributed by atoms with E-state index in [1.165, 1.54) is 6.92 Å². The van der Waals surface area contributed by atoms with Crippen molar-refractivity contribution in [2.75, 3.05) is 23.7 Å². The Kier molecular flexibility index (Phi) is 4.39. The van der Waals surface area contributed by atoms with Gasteiger partial charge in [0.15, 0.2) is 0 Å². The number of carbonyl (C=O) groups is 2. The third-order valence-corrected chi connectivity index (χ3v) is 4.89. The second-order valence-electron chi connectivity index (χ2n) is 6.84. The number of aryl methyl sites for hydroxylation is 2. The van der Waals surface area contributed by atoms with Crippen LogP contribution in [0, 0.1) is 0 Å². The summed E-state index contributed by atoms with van der Waals surface area (Å²) < 4.78 is 5.36. The molecule has 0 radical (unpaired) electrons. The minimum Gasteiger partial charge on any atom is -0.442 e. The van der Waals surface area contributed by atoms with Crippen LogP contribution in [-0.2, 0) is 22.4 Å². The van der Waals surface area contributed by atoms with Crippen LogP contribution in [0.3, 0.4) is 0 Å². The number of nitrogen functional groups attached to an aromatic ring is 1. The molecule has 1 saturated heterocycles. The maximum atomic E-state index is 12.3. The lowest BCUT2D eigenvalue weighted by Crippen LogP contribution is -2.33. The lowest BCUT2D eigenvalue weighted by atomic mass is 9.99. The molecule has 1 aliphatic carbocycles. The summed E-state index contributed by atoms with van der Waals surface area (Å²) in [4.78, 5) is 33.4. The number of nitrogens with two attached hydrogens (primary N) is 1. The number of fused-ring (bicyclic) bond motifs is 3. The zero-order valence-electron chi connectivity index (χ0n) is 15.1. The monoisotopic (exact) mass is 367 g/mol. The van der Waals surface area contributed by atoms with Crippen LogP contribution in [0.25, 0.3) is 11.1 Å². The number of benzene rings is 1. The number of nitrogens with one attached hydrogen (secondary N) is 1. The highest BCUT2D eigenvalue weighted by molar-refractivity contribution is 5.90. The van der Waals surface area contributed by atoms with Crippen molar-refractivity contribution >= 4 is 23.6 Å². The van der Waals surface area contributed by atoms with E-state index in [1.54, 1.807) is 11.1 Å². The fraction of sp³-hybridized carbons (Fsp3) is 0.368. The van der Waals surface area contributed by atoms with Crippen LogP contribution < -0.4 is 16.0 Å². The molecule has 3 N–H and O–H groups in total. The maximum absolute atomic E-state index is 12.3. The highest BCUT2D eigenvalue weighted by Gasteiger charge is 2.32. The van der Waals surface area contributed by atoms with E-state index in [4.69, 9.17) is 10.5 Å². The molecule has 140 valence electrons. The summed E-state index contributed by atoms with van der Waals surface area (Å²) >= 11 is 0. The molecule has 2 aromatic rings. The first-order chi connectivity index (χ1) is 13.0. The number of aromatic nitrogens is 2. The largest absolute Gasteiger partial charge is 0.442 e. The molecular weight excluding hydrogens is 346 g/mol. The Bertz CT molecular complexity index is 914. The molecule has 27 heavy (non-hydrogen) atoms. The molecule has 0 saturated carbocycles. The van der Waals surface area contributed by atoms with Gasteiger partial charge in [0.25, 0.3) is 0 Å². The Morgan fingerprint density at radius 3 is 3.04 bits per heavy atom. The Morgan fingerprint density at radius 2 is 2.22 bits per heavy atom. The van der Waals surface area contributed by atoms with Gasteiger partial charge in [-0.25, -0.2) is 14.8 Å². The Hall–Kier alpha value is -3.16. The average Bonchev–Trinajstić information content (AvgIpc) is 2.91. The van der Waals surface area contributed by atoms with Gasteiger partial charge in [0.1, 0.15) is 6.10 Å². The fourth-order valence-electron chi connectivity index (χ4n) is 3.61. The molecule has 0 spiro atoms. The molecule has 2 amide bonds. The lowest BCUT2D eigenvalue weighted by molar-refractivity contribution is -0.119. The van der Waals surface area contributed by atoms with Crippen molar-refractivity contribution < 1.29 is 14.3 Å². The molecule has 8 nitrogen and oxygen atoms in total. The third-order valence-electron chi connectivity index (χ3n) is 4.89. The summed E-state index contributed by atoms with van der Waals surface area (Å²) in [5, 5.41) is 2.69. The molecule has 1 unspecified atom stereocenters. The van der Waals surface area contributed by atoms with Gasteiger partial charge >= 0.3 is 6.09 Å². The molecule has 4 rings (SSSR count). The second-order valence-corrected chi connectivity index (χ2v) is 6.84. The summed E-state index contributed by atoms with van der Waals surface area (Å²) in [6, 6.07) is 5.94. The normalized spacial score (nSPS) is 18.3. The van der Waals surface area contributed by atoms with Crippen LogP contribution in [0.15, 0.2) is 24.4 Å². The molecule has 0 bridgehead atoms. The quantitative estimate of drug-likeness (QED) is 0.854. The predicted octanol–water partition coefficient (Wildman–Crippen LogP) is 1.68. The molecule has 8 heteroatoms. The van der Waals surface area contributed by atoms with E-state index in [0.29, 0.717) is 19.0 Å². The van der Waals surface area contributed by atoms with Crippen molar-refractivity contribution in [1.82, 2.24) is 15.3 Å². The predicted molar refractivity (Wildman–Crippen MR) is 100 cm³/mol. The van der Waals surface area contributed by atoms with Gasteiger partial charge < -0.3 is 15.8 Å². The summed E-state index contributed by atoms with van der Waals surface area (Å²) in [5.74, 6) is 0.148. The van der Waals surface area contributed by atoms with Crippen molar-refractivity contribution in [2.45, 2.75) is 32.3 Å². The number of hydrogen-bond donors (Lipinski definition) is 2. The van der Waals surface area contributed by atoms with Gasteiger partial charge in [-0.15, -0.1) is 0 Å². The molecular formula is C19H21N5O3. The Balaban J connectivity index is 1.60. The van der Waals surface area contributed by atoms with E-state index in [0.717, 1.165) is 47.3 Å². The topological polar surface area (TPSA) is 110 Å². The van der Waals surface area contributed by atoms with Gasteiger partial charge in [0.2, 0.25) is 11.9 Å². The number of anilines is 2. The summed E-state index contributed by atoms with van der Waals surface area (Å²) in [5.41, 5.74) is 10.7. The summed E-state index contributed by atoms with van der Waals surface area (Å²) in [6.45, 7) is 2.17. The van der Waals surface area contributed by atoms with Gasteiger partial charge in [-0.1, -0.05) is 6.07 Å². The van der Waals surface area contributed by atoms with E-state index in [-0.39, 0.29) is 12.0 Å². The summed E-state index contributed by atoms with van der Waals surface area (Å²) in [6.07, 6.45) is 3.71.